The van der Waals surface area contributed by atoms with Crippen LogP contribution in [0.5, 0.6) is 5.75 Å². The van der Waals surface area contributed by atoms with Gasteiger partial charge >= 0.3 is 6.09 Å². The van der Waals surface area contributed by atoms with Crippen LogP contribution in [0, 0.1) is 5.92 Å². The molecule has 0 spiro atoms. The van der Waals surface area contributed by atoms with E-state index in [4.69, 9.17) is 9.47 Å². The van der Waals surface area contributed by atoms with Gasteiger partial charge in [0.2, 0.25) is 5.91 Å². The van der Waals surface area contributed by atoms with Crippen LogP contribution in [0.1, 0.15) is 32.6 Å². The van der Waals surface area contributed by atoms with Crippen LogP contribution in [0.3, 0.4) is 0 Å². The second-order valence-electron chi connectivity index (χ2n) is 8.74. The van der Waals surface area contributed by atoms with E-state index in [1.807, 2.05) is 36.4 Å². The van der Waals surface area contributed by atoms with Gasteiger partial charge in [-0.15, -0.1) is 10.2 Å². The number of likely N-dealkylation sites (tertiary alicyclic amines) is 1. The van der Waals surface area contributed by atoms with Crippen molar-refractivity contribution in [1.82, 2.24) is 20.4 Å². The second-order valence-corrected chi connectivity index (χ2v) is 9.83. The van der Waals surface area contributed by atoms with E-state index in [0.717, 1.165) is 60.3 Å². The van der Waals surface area contributed by atoms with Crippen LogP contribution >= 0.6 is 11.8 Å². The van der Waals surface area contributed by atoms with Crippen molar-refractivity contribution in [2.75, 3.05) is 44.8 Å². The van der Waals surface area contributed by atoms with E-state index in [2.05, 4.69) is 20.4 Å². The molecule has 35 heavy (non-hydrogen) atoms. The number of methoxy groups -OCH3 is 1. The van der Waals surface area contributed by atoms with Gasteiger partial charge in [0.15, 0.2) is 5.82 Å². The molecule has 2 aromatic rings. The zero-order valence-electron chi connectivity index (χ0n) is 20.3. The molecule has 0 unspecified atom stereocenters. The molecular formula is C25H33N5O4S. The Hall–Kier alpha value is -3.01. The lowest BCUT2D eigenvalue weighted by molar-refractivity contribution is -0.126. The molecule has 2 amide bonds. The zero-order chi connectivity index (χ0) is 24.6. The van der Waals surface area contributed by atoms with Gasteiger partial charge in [0.25, 0.3) is 0 Å². The largest absolute Gasteiger partial charge is 0.497 e. The average molecular weight is 500 g/mol. The van der Waals surface area contributed by atoms with Crippen molar-refractivity contribution in [3.8, 4) is 5.75 Å². The molecule has 4 rings (SSSR count). The summed E-state index contributed by atoms with van der Waals surface area (Å²) in [6.45, 7) is 4.97. The number of piperidine rings is 2. The fraction of sp³-hybridized carbons (Fsp3) is 0.520. The van der Waals surface area contributed by atoms with Gasteiger partial charge in [0.05, 0.1) is 13.7 Å². The highest BCUT2D eigenvalue weighted by molar-refractivity contribution is 7.99. The Morgan fingerprint density at radius 3 is 2.49 bits per heavy atom. The number of carbonyl (C=O) groups excluding carboxylic acids is 2. The summed E-state index contributed by atoms with van der Waals surface area (Å²) in [4.78, 5) is 29.6. The van der Waals surface area contributed by atoms with Gasteiger partial charge in [-0.25, -0.2) is 4.79 Å². The van der Waals surface area contributed by atoms with Gasteiger partial charge in [0, 0.05) is 43.0 Å². The van der Waals surface area contributed by atoms with E-state index < -0.39 is 0 Å². The molecule has 0 bridgehead atoms. The third-order valence-corrected chi connectivity index (χ3v) is 7.36. The lowest BCUT2D eigenvalue weighted by Crippen LogP contribution is -2.49. The number of nitrogens with zero attached hydrogens (tertiary/aromatic N) is 4. The Kier molecular flexibility index (Phi) is 8.68. The van der Waals surface area contributed by atoms with E-state index in [0.29, 0.717) is 19.7 Å². The van der Waals surface area contributed by atoms with Gasteiger partial charge in [-0.2, -0.15) is 0 Å². The van der Waals surface area contributed by atoms with Crippen LogP contribution in [0.2, 0.25) is 0 Å². The standard InChI is InChI=1S/C25H33N5O4S/c1-3-34-25(32)30-15-11-19(12-16-30)26-24(31)18-9-13-29(14-10-18)22-7-8-23(28-27-22)35-21-6-4-5-20(17-21)33-2/h4-8,17-19H,3,9-16H2,1-2H3,(H,26,31). The van der Waals surface area contributed by atoms with E-state index in [-0.39, 0.29) is 24.0 Å². The summed E-state index contributed by atoms with van der Waals surface area (Å²) in [5.41, 5.74) is 0. The second kappa shape index (κ2) is 12.1. The first-order valence-corrected chi connectivity index (χ1v) is 13.0. The summed E-state index contributed by atoms with van der Waals surface area (Å²) in [6, 6.07) is 11.9. The van der Waals surface area contributed by atoms with Crippen molar-refractivity contribution in [3.05, 3.63) is 36.4 Å². The summed E-state index contributed by atoms with van der Waals surface area (Å²) in [7, 11) is 1.65. The maximum absolute atomic E-state index is 12.8. The monoisotopic (exact) mass is 499 g/mol. The van der Waals surface area contributed by atoms with Crippen LogP contribution in [0.25, 0.3) is 0 Å². The summed E-state index contributed by atoms with van der Waals surface area (Å²) in [5.74, 6) is 1.78. The van der Waals surface area contributed by atoms with Crippen molar-refractivity contribution in [1.29, 1.82) is 0 Å². The maximum atomic E-state index is 12.8. The smallest absolute Gasteiger partial charge is 0.409 e. The molecule has 0 atom stereocenters. The van der Waals surface area contributed by atoms with Crippen molar-refractivity contribution >= 4 is 29.6 Å². The van der Waals surface area contributed by atoms with Gasteiger partial charge in [-0.3, -0.25) is 4.79 Å². The third-order valence-electron chi connectivity index (χ3n) is 6.45. The fourth-order valence-electron chi connectivity index (χ4n) is 4.43. The molecule has 3 heterocycles. The molecule has 2 aliphatic heterocycles. The molecule has 2 aliphatic rings. The summed E-state index contributed by atoms with van der Waals surface area (Å²) < 4.78 is 10.3. The molecule has 1 aromatic heterocycles. The van der Waals surface area contributed by atoms with Crippen LogP contribution in [0.4, 0.5) is 10.6 Å². The third kappa shape index (κ3) is 6.78. The predicted octanol–water partition coefficient (Wildman–Crippen LogP) is 3.59. The number of nitrogens with one attached hydrogen (secondary N) is 1. The first-order valence-electron chi connectivity index (χ1n) is 12.2. The summed E-state index contributed by atoms with van der Waals surface area (Å²) >= 11 is 1.54. The first kappa shape index (κ1) is 25.1. The minimum absolute atomic E-state index is 0.00480. The molecule has 0 aliphatic carbocycles. The quantitative estimate of drug-likeness (QED) is 0.617. The molecule has 0 radical (unpaired) electrons. The fourth-order valence-corrected chi connectivity index (χ4v) is 5.21. The normalized spacial score (nSPS) is 17.2. The van der Waals surface area contributed by atoms with Crippen molar-refractivity contribution < 1.29 is 19.1 Å². The minimum Gasteiger partial charge on any atom is -0.497 e. The maximum Gasteiger partial charge on any atom is 0.409 e. The summed E-state index contributed by atoms with van der Waals surface area (Å²) in [5, 5.41) is 12.8. The van der Waals surface area contributed by atoms with Crippen molar-refractivity contribution in [2.24, 2.45) is 5.92 Å². The predicted molar refractivity (Wildman–Crippen MR) is 134 cm³/mol. The highest BCUT2D eigenvalue weighted by Crippen LogP contribution is 2.29. The Morgan fingerprint density at radius 1 is 1.06 bits per heavy atom. The Bertz CT molecular complexity index is 990. The number of rotatable bonds is 7. The van der Waals surface area contributed by atoms with Gasteiger partial charge < -0.3 is 24.6 Å². The number of hydrogen-bond acceptors (Lipinski definition) is 8. The molecule has 2 fully saturated rings. The molecule has 2 saturated heterocycles. The molecule has 9 nitrogen and oxygen atoms in total. The molecule has 10 heteroatoms. The molecule has 1 N–H and O–H groups in total. The molecule has 188 valence electrons. The Labute approximate surface area is 210 Å². The highest BCUT2D eigenvalue weighted by Gasteiger charge is 2.29. The number of hydrogen-bond donors (Lipinski definition) is 1. The number of anilines is 1. The van der Waals surface area contributed by atoms with Crippen LogP contribution in [0.15, 0.2) is 46.3 Å². The number of aromatic nitrogens is 2. The SMILES string of the molecule is CCOC(=O)N1CCC(NC(=O)C2CCN(c3ccc(Sc4cccc(OC)c4)nn3)CC2)CC1. The van der Waals surface area contributed by atoms with Gasteiger partial charge in [-0.05, 0) is 62.9 Å². The van der Waals surface area contributed by atoms with E-state index >= 15 is 0 Å². The zero-order valence-corrected chi connectivity index (χ0v) is 21.1. The molecule has 1 aromatic carbocycles. The van der Waals surface area contributed by atoms with Crippen LogP contribution in [-0.4, -0.2) is 73.0 Å². The highest BCUT2D eigenvalue weighted by atomic mass is 32.2. The topological polar surface area (TPSA) is 96.9 Å². The van der Waals surface area contributed by atoms with Gasteiger partial charge in [-0.1, -0.05) is 17.8 Å². The average Bonchev–Trinajstić information content (AvgIpc) is 2.90. The van der Waals surface area contributed by atoms with Crippen LogP contribution < -0.4 is 15.0 Å². The number of ether oxygens (including phenoxy) is 2. The van der Waals surface area contributed by atoms with E-state index in [1.54, 1.807) is 30.7 Å². The van der Waals surface area contributed by atoms with Crippen molar-refractivity contribution in [3.63, 3.8) is 0 Å². The van der Waals surface area contributed by atoms with Crippen LogP contribution in [-0.2, 0) is 9.53 Å². The van der Waals surface area contributed by atoms with Crippen molar-refractivity contribution in [2.45, 2.75) is 48.6 Å². The van der Waals surface area contributed by atoms with E-state index in [1.165, 1.54) is 0 Å². The van der Waals surface area contributed by atoms with Gasteiger partial charge in [0.1, 0.15) is 10.8 Å². The molecular weight excluding hydrogens is 466 g/mol. The van der Waals surface area contributed by atoms with E-state index in [9.17, 15) is 9.59 Å². The number of carbonyl (C=O) groups is 2. The molecule has 0 saturated carbocycles. The number of benzene rings is 1. The summed E-state index contributed by atoms with van der Waals surface area (Å²) in [6.07, 6.45) is 2.84. The number of amides is 2. The minimum atomic E-state index is -0.264. The lowest BCUT2D eigenvalue weighted by Gasteiger charge is -2.35. The Morgan fingerprint density at radius 2 is 1.83 bits per heavy atom. The first-order chi connectivity index (χ1) is 17.1. The Balaban J connectivity index is 1.21. The lowest BCUT2D eigenvalue weighted by atomic mass is 9.94.